The molecule has 2 aromatic carbocycles. The molecule has 4 nitrogen and oxygen atoms in total. The molecule has 25 heavy (non-hydrogen) atoms. The molecule has 0 aromatic heterocycles. The number of nitrogens with zero attached hydrogens (tertiary/aromatic N) is 1. The summed E-state index contributed by atoms with van der Waals surface area (Å²) < 4.78 is 0. The van der Waals surface area contributed by atoms with Gasteiger partial charge in [-0.1, -0.05) is 36.4 Å². The van der Waals surface area contributed by atoms with Gasteiger partial charge in [-0.3, -0.25) is 0 Å². The number of benzene rings is 2. The van der Waals surface area contributed by atoms with Crippen LogP contribution in [-0.2, 0) is 12.8 Å². The molecule has 0 aliphatic carbocycles. The first kappa shape index (κ1) is 21.0. The molecule has 0 aliphatic rings. The molecule has 0 fully saturated rings. The van der Waals surface area contributed by atoms with Crippen LogP contribution < -0.4 is 5.32 Å². The monoisotopic (exact) mass is 360 g/mol. The molecule has 0 saturated carbocycles. The quantitative estimate of drug-likeness (QED) is 0.706. The molecule has 0 spiro atoms. The fraction of sp³-hybridized carbons (Fsp3) is 0.350. The summed E-state index contributed by atoms with van der Waals surface area (Å²) in [6.45, 7) is 4.60. The minimum Gasteiger partial charge on any atom is -0.508 e. The van der Waals surface area contributed by atoms with E-state index in [1.54, 1.807) is 12.1 Å². The van der Waals surface area contributed by atoms with Crippen LogP contribution in [0.15, 0.2) is 48.5 Å². The third-order valence-electron chi connectivity index (χ3n) is 4.02. The molecule has 1 atom stereocenters. The van der Waals surface area contributed by atoms with Gasteiger partial charge < -0.3 is 15.5 Å². The van der Waals surface area contributed by atoms with Gasteiger partial charge in [0.25, 0.3) is 0 Å². The van der Waals surface area contributed by atoms with E-state index in [9.17, 15) is 10.2 Å². The maximum absolute atomic E-state index is 10.4. The lowest BCUT2D eigenvalue weighted by Crippen LogP contribution is -2.43. The summed E-state index contributed by atoms with van der Waals surface area (Å²) in [5, 5.41) is 32.3. The van der Waals surface area contributed by atoms with E-state index in [0.717, 1.165) is 6.42 Å². The zero-order valence-electron chi connectivity index (χ0n) is 14.6. The van der Waals surface area contributed by atoms with E-state index in [0.29, 0.717) is 17.7 Å². The van der Waals surface area contributed by atoms with Crippen LogP contribution in [0.4, 0.5) is 0 Å². The number of aromatic hydroxyl groups is 1. The first-order chi connectivity index (χ1) is 11.4. The number of aliphatic hydroxyl groups excluding tert-OH is 1. The molecule has 0 radical (unpaired) electrons. The molecule has 0 aliphatic heterocycles. The third kappa shape index (κ3) is 6.39. The average molecular weight is 361 g/mol. The van der Waals surface area contributed by atoms with E-state index < -0.39 is 6.10 Å². The van der Waals surface area contributed by atoms with Crippen molar-refractivity contribution in [2.75, 3.05) is 6.54 Å². The summed E-state index contributed by atoms with van der Waals surface area (Å²) in [7, 11) is 0. The van der Waals surface area contributed by atoms with Crippen molar-refractivity contribution in [1.82, 2.24) is 5.32 Å². The van der Waals surface area contributed by atoms with Crippen molar-refractivity contribution in [2.45, 2.75) is 38.3 Å². The Labute approximate surface area is 155 Å². The highest BCUT2D eigenvalue weighted by Crippen LogP contribution is 2.23. The lowest BCUT2D eigenvalue weighted by atomic mass is 9.94. The van der Waals surface area contributed by atoms with Gasteiger partial charge in [0.05, 0.1) is 18.6 Å². The Hall–Kier alpha value is -2.06. The minimum atomic E-state index is -0.696. The molecular formula is C20H25ClN2O2. The van der Waals surface area contributed by atoms with Gasteiger partial charge in [0.15, 0.2) is 0 Å². The van der Waals surface area contributed by atoms with Gasteiger partial charge in [0, 0.05) is 17.6 Å². The van der Waals surface area contributed by atoms with E-state index in [4.69, 9.17) is 5.26 Å². The van der Waals surface area contributed by atoms with Gasteiger partial charge in [-0.25, -0.2) is 0 Å². The Morgan fingerprint density at radius 3 is 2.48 bits per heavy atom. The zero-order valence-corrected chi connectivity index (χ0v) is 15.4. The number of hydrogen-bond donors (Lipinski definition) is 3. The topological polar surface area (TPSA) is 76.3 Å². The minimum absolute atomic E-state index is 0. The Bertz CT molecular complexity index is 711. The van der Waals surface area contributed by atoms with Gasteiger partial charge in [0.2, 0.25) is 0 Å². The van der Waals surface area contributed by atoms with Crippen molar-refractivity contribution in [3.05, 3.63) is 65.2 Å². The van der Waals surface area contributed by atoms with E-state index in [-0.39, 0.29) is 30.1 Å². The number of aliphatic hydroxyl groups is 1. The summed E-state index contributed by atoms with van der Waals surface area (Å²) in [5.41, 5.74) is 2.32. The second-order valence-electron chi connectivity index (χ2n) is 6.67. The van der Waals surface area contributed by atoms with Crippen molar-refractivity contribution >= 4 is 12.4 Å². The van der Waals surface area contributed by atoms with Crippen LogP contribution in [0.25, 0.3) is 0 Å². The number of halogens is 1. The van der Waals surface area contributed by atoms with Crippen LogP contribution in [0.5, 0.6) is 5.75 Å². The molecule has 0 heterocycles. The lowest BCUT2D eigenvalue weighted by Gasteiger charge is -2.28. The van der Waals surface area contributed by atoms with Crippen molar-refractivity contribution < 1.29 is 10.2 Å². The Balaban J connectivity index is 0.00000312. The van der Waals surface area contributed by atoms with Gasteiger partial charge in [0.1, 0.15) is 5.75 Å². The normalized spacial score (nSPS) is 12.1. The van der Waals surface area contributed by atoms with Crippen LogP contribution in [0.1, 0.15) is 36.6 Å². The molecule has 2 rings (SSSR count). The third-order valence-corrected chi connectivity index (χ3v) is 4.02. The standard InChI is InChI=1S/C20H24N2O2.ClH/c1-20(2,13-15-6-4-3-5-7-15)22-14-19(24)16-8-9-18(23)17(12-16)10-11-21;/h3-9,12,19,22-24H,10,13-14H2,1-2H3;1H. The second-order valence-corrected chi connectivity index (χ2v) is 6.67. The van der Waals surface area contributed by atoms with Crippen molar-refractivity contribution in [3.8, 4) is 11.8 Å². The number of nitriles is 1. The van der Waals surface area contributed by atoms with Crippen molar-refractivity contribution in [2.24, 2.45) is 0 Å². The van der Waals surface area contributed by atoms with E-state index in [1.165, 1.54) is 11.6 Å². The number of hydrogen-bond acceptors (Lipinski definition) is 4. The van der Waals surface area contributed by atoms with Gasteiger partial charge in [-0.05, 0) is 43.5 Å². The first-order valence-corrected chi connectivity index (χ1v) is 8.07. The second kappa shape index (κ2) is 9.43. The molecule has 134 valence electrons. The Morgan fingerprint density at radius 2 is 1.84 bits per heavy atom. The van der Waals surface area contributed by atoms with Gasteiger partial charge >= 0.3 is 0 Å². The van der Waals surface area contributed by atoms with Crippen molar-refractivity contribution in [1.29, 1.82) is 5.26 Å². The van der Waals surface area contributed by atoms with E-state index in [1.807, 2.05) is 24.3 Å². The first-order valence-electron chi connectivity index (χ1n) is 8.07. The van der Waals surface area contributed by atoms with Crippen LogP contribution >= 0.6 is 12.4 Å². The summed E-state index contributed by atoms with van der Waals surface area (Å²) >= 11 is 0. The molecule has 1 unspecified atom stereocenters. The maximum atomic E-state index is 10.4. The Morgan fingerprint density at radius 1 is 1.16 bits per heavy atom. The summed E-state index contributed by atoms with van der Waals surface area (Å²) in [4.78, 5) is 0. The highest BCUT2D eigenvalue weighted by molar-refractivity contribution is 5.85. The van der Waals surface area contributed by atoms with Crippen LogP contribution in [0.2, 0.25) is 0 Å². The largest absolute Gasteiger partial charge is 0.508 e. The number of nitrogens with one attached hydrogen (secondary N) is 1. The molecule has 0 bridgehead atoms. The fourth-order valence-electron chi connectivity index (χ4n) is 2.70. The number of phenolic OH excluding ortho intramolecular Hbond substituents is 1. The predicted molar refractivity (Wildman–Crippen MR) is 102 cm³/mol. The summed E-state index contributed by atoms with van der Waals surface area (Å²) in [6.07, 6.45) is 0.285. The Kier molecular flexibility index (Phi) is 7.92. The van der Waals surface area contributed by atoms with Crippen LogP contribution in [-0.4, -0.2) is 22.3 Å². The summed E-state index contributed by atoms with van der Waals surface area (Å²) in [6, 6.07) is 17.1. The molecule has 5 heteroatoms. The molecule has 0 saturated heterocycles. The number of rotatable bonds is 7. The van der Waals surface area contributed by atoms with E-state index >= 15 is 0 Å². The molecular weight excluding hydrogens is 336 g/mol. The molecule has 3 N–H and O–H groups in total. The smallest absolute Gasteiger partial charge is 0.119 e. The average Bonchev–Trinajstić information content (AvgIpc) is 2.55. The van der Waals surface area contributed by atoms with Crippen molar-refractivity contribution in [3.63, 3.8) is 0 Å². The SMILES string of the molecule is CC(C)(Cc1ccccc1)NCC(O)c1ccc(O)c(CC#N)c1.Cl. The molecule has 2 aromatic rings. The zero-order chi connectivity index (χ0) is 17.6. The highest BCUT2D eigenvalue weighted by Gasteiger charge is 2.20. The van der Waals surface area contributed by atoms with Gasteiger partial charge in [-0.2, -0.15) is 5.26 Å². The van der Waals surface area contributed by atoms with Gasteiger partial charge in [-0.15, -0.1) is 12.4 Å². The summed E-state index contributed by atoms with van der Waals surface area (Å²) in [5.74, 6) is 0.0878. The van der Waals surface area contributed by atoms with E-state index in [2.05, 4.69) is 31.3 Å². The fourth-order valence-corrected chi connectivity index (χ4v) is 2.70. The number of phenols is 1. The maximum Gasteiger partial charge on any atom is 0.119 e. The highest BCUT2D eigenvalue weighted by atomic mass is 35.5. The van der Waals surface area contributed by atoms with Crippen LogP contribution in [0, 0.1) is 11.3 Å². The number of β-amino-alcohol motifs (C(OH)–C–C–N with tert-alkyl or cyclic N) is 1. The lowest BCUT2D eigenvalue weighted by molar-refractivity contribution is 0.160. The predicted octanol–water partition coefficient (Wildman–Crippen LogP) is 3.52. The van der Waals surface area contributed by atoms with Crippen LogP contribution in [0.3, 0.4) is 0 Å². The molecule has 0 amide bonds.